The van der Waals surface area contributed by atoms with Gasteiger partial charge in [0.15, 0.2) is 0 Å². The van der Waals surface area contributed by atoms with E-state index in [9.17, 15) is 14.9 Å². The number of non-ortho nitro benzene ring substituents is 1. The number of nitro benzene ring substituents is 1. The topological polar surface area (TPSA) is 89.5 Å². The molecule has 0 saturated carbocycles. The number of halogens is 1. The summed E-state index contributed by atoms with van der Waals surface area (Å²) in [5.41, 5.74) is 8.72. The molecule has 2 aromatic carbocycles. The average molecular weight is 362 g/mol. The molecule has 3 rings (SSSR count). The number of rotatable bonds is 4. The molecule has 132 valence electrons. The van der Waals surface area contributed by atoms with Gasteiger partial charge in [-0.05, 0) is 17.5 Å². The van der Waals surface area contributed by atoms with E-state index in [0.717, 1.165) is 11.1 Å². The molecule has 0 bridgehead atoms. The third-order valence-corrected chi connectivity index (χ3v) is 4.55. The second-order valence-corrected chi connectivity index (χ2v) is 6.04. The lowest BCUT2D eigenvalue weighted by atomic mass is 9.94. The van der Waals surface area contributed by atoms with E-state index in [1.807, 2.05) is 30.3 Å². The number of nitrogens with two attached hydrogens (primary N) is 1. The molecule has 6 nitrogen and oxygen atoms in total. The van der Waals surface area contributed by atoms with Gasteiger partial charge in [-0.3, -0.25) is 14.9 Å². The highest BCUT2D eigenvalue weighted by atomic mass is 35.5. The van der Waals surface area contributed by atoms with Crippen LogP contribution in [0.15, 0.2) is 48.5 Å². The van der Waals surface area contributed by atoms with Crippen molar-refractivity contribution in [3.05, 3.63) is 69.8 Å². The molecule has 2 N–H and O–H groups in total. The Labute approximate surface area is 152 Å². The summed E-state index contributed by atoms with van der Waals surface area (Å²) in [6.45, 7) is 2.33. The van der Waals surface area contributed by atoms with Crippen LogP contribution in [0.5, 0.6) is 0 Å². The normalized spacial score (nSPS) is 15.0. The number of hydrogen-bond donors (Lipinski definition) is 1. The van der Waals surface area contributed by atoms with Crippen molar-refractivity contribution in [2.75, 3.05) is 11.4 Å². The number of carbonyl (C=O) groups is 1. The van der Waals surface area contributed by atoms with Crippen molar-refractivity contribution >= 4 is 29.7 Å². The third kappa shape index (κ3) is 3.65. The summed E-state index contributed by atoms with van der Waals surface area (Å²) in [6, 6.07) is 13.7. The van der Waals surface area contributed by atoms with Gasteiger partial charge in [-0.15, -0.1) is 12.4 Å². The lowest BCUT2D eigenvalue weighted by Gasteiger charge is -2.25. The van der Waals surface area contributed by atoms with Crippen LogP contribution < -0.4 is 10.6 Å². The highest BCUT2D eigenvalue weighted by Crippen LogP contribution is 2.34. The van der Waals surface area contributed by atoms with Gasteiger partial charge in [-0.1, -0.05) is 43.3 Å². The summed E-state index contributed by atoms with van der Waals surface area (Å²) in [5, 5.41) is 11.0. The molecule has 1 amide bonds. The number of benzene rings is 2. The smallest absolute Gasteiger partial charge is 0.271 e. The van der Waals surface area contributed by atoms with Crippen molar-refractivity contribution in [3.8, 4) is 0 Å². The summed E-state index contributed by atoms with van der Waals surface area (Å²) in [6.07, 6.45) is 0.701. The van der Waals surface area contributed by atoms with Gasteiger partial charge < -0.3 is 10.6 Å². The van der Waals surface area contributed by atoms with E-state index in [-0.39, 0.29) is 24.0 Å². The van der Waals surface area contributed by atoms with E-state index in [1.165, 1.54) is 12.1 Å². The highest BCUT2D eigenvalue weighted by Gasteiger charge is 2.32. The number of carbonyl (C=O) groups excluding carboxylic acids is 1. The van der Waals surface area contributed by atoms with E-state index in [4.69, 9.17) is 5.73 Å². The summed E-state index contributed by atoms with van der Waals surface area (Å²) in [7, 11) is 0. The number of amides is 1. The number of nitrogens with zero attached hydrogens (tertiary/aromatic N) is 2. The maximum absolute atomic E-state index is 12.9. The van der Waals surface area contributed by atoms with E-state index in [1.54, 1.807) is 17.9 Å². The van der Waals surface area contributed by atoms with Crippen LogP contribution in [0.25, 0.3) is 0 Å². The minimum Gasteiger partial charge on any atom is -0.323 e. The maximum Gasteiger partial charge on any atom is 0.271 e. The van der Waals surface area contributed by atoms with Gasteiger partial charge in [-0.2, -0.15) is 0 Å². The Kier molecular flexibility index (Phi) is 5.77. The zero-order valence-electron chi connectivity index (χ0n) is 13.8. The zero-order chi connectivity index (χ0) is 17.3. The fraction of sp³-hybridized carbons (Fsp3) is 0.278. The van der Waals surface area contributed by atoms with E-state index >= 15 is 0 Å². The van der Waals surface area contributed by atoms with Gasteiger partial charge in [0.25, 0.3) is 5.69 Å². The van der Waals surface area contributed by atoms with E-state index in [2.05, 4.69) is 0 Å². The van der Waals surface area contributed by atoms with E-state index in [0.29, 0.717) is 18.7 Å². The van der Waals surface area contributed by atoms with Gasteiger partial charge in [0.2, 0.25) is 5.91 Å². The fourth-order valence-electron chi connectivity index (χ4n) is 3.07. The fourth-order valence-corrected chi connectivity index (χ4v) is 3.07. The summed E-state index contributed by atoms with van der Waals surface area (Å²) in [5.74, 6) is -0.525. The molecule has 7 heteroatoms. The molecule has 0 fully saturated rings. The second kappa shape index (κ2) is 7.63. The predicted molar refractivity (Wildman–Crippen MR) is 98.9 cm³/mol. The first-order chi connectivity index (χ1) is 11.5. The van der Waals surface area contributed by atoms with Crippen LogP contribution in [0, 0.1) is 16.0 Å². The summed E-state index contributed by atoms with van der Waals surface area (Å²) >= 11 is 0. The minimum absolute atomic E-state index is 0. The maximum atomic E-state index is 12.9. The van der Waals surface area contributed by atoms with E-state index < -0.39 is 16.9 Å². The van der Waals surface area contributed by atoms with Crippen LogP contribution in [0.2, 0.25) is 0 Å². The summed E-state index contributed by atoms with van der Waals surface area (Å²) < 4.78 is 0. The number of fused-ring (bicyclic) bond motifs is 1. The molecule has 2 aromatic rings. The lowest BCUT2D eigenvalue weighted by molar-refractivity contribution is -0.384. The van der Waals surface area contributed by atoms with Crippen LogP contribution in [0.3, 0.4) is 0 Å². The molecule has 1 aliphatic heterocycles. The van der Waals surface area contributed by atoms with Crippen LogP contribution in [0.1, 0.15) is 24.1 Å². The largest absolute Gasteiger partial charge is 0.323 e. The Hall–Kier alpha value is -2.44. The Morgan fingerprint density at radius 3 is 2.56 bits per heavy atom. The van der Waals surface area contributed by atoms with Crippen molar-refractivity contribution in [1.82, 2.24) is 0 Å². The molecule has 25 heavy (non-hydrogen) atoms. The van der Waals surface area contributed by atoms with Gasteiger partial charge in [0.05, 0.1) is 16.5 Å². The quantitative estimate of drug-likeness (QED) is 0.668. The van der Waals surface area contributed by atoms with Gasteiger partial charge >= 0.3 is 0 Å². The molecule has 0 aliphatic carbocycles. The highest BCUT2D eigenvalue weighted by molar-refractivity contribution is 5.97. The minimum atomic E-state index is -0.444. The molecule has 0 spiro atoms. The first kappa shape index (κ1) is 18.9. The van der Waals surface area contributed by atoms with Crippen molar-refractivity contribution in [1.29, 1.82) is 0 Å². The van der Waals surface area contributed by atoms with Crippen LogP contribution in [0.4, 0.5) is 11.4 Å². The van der Waals surface area contributed by atoms with Crippen LogP contribution in [-0.2, 0) is 11.2 Å². The van der Waals surface area contributed by atoms with Crippen molar-refractivity contribution < 1.29 is 9.72 Å². The van der Waals surface area contributed by atoms with Crippen LogP contribution >= 0.6 is 12.4 Å². The molecule has 1 aliphatic rings. The Morgan fingerprint density at radius 1 is 1.24 bits per heavy atom. The Morgan fingerprint density at radius 2 is 1.92 bits per heavy atom. The molecule has 0 aromatic heterocycles. The molecule has 2 atom stereocenters. The Bertz CT molecular complexity index is 782. The first-order valence-corrected chi connectivity index (χ1v) is 7.88. The molecule has 2 unspecified atom stereocenters. The predicted octanol–water partition coefficient (Wildman–Crippen LogP) is 3.24. The molecule has 0 saturated heterocycles. The van der Waals surface area contributed by atoms with Crippen molar-refractivity contribution in [2.45, 2.75) is 19.4 Å². The third-order valence-electron chi connectivity index (χ3n) is 4.55. The van der Waals surface area contributed by atoms with Gasteiger partial charge in [0.1, 0.15) is 0 Å². The van der Waals surface area contributed by atoms with Crippen LogP contribution in [-0.4, -0.2) is 17.4 Å². The number of hydrogen-bond acceptors (Lipinski definition) is 4. The number of anilines is 1. The Balaban J connectivity index is 0.00000225. The summed E-state index contributed by atoms with van der Waals surface area (Å²) in [4.78, 5) is 25.0. The number of nitro groups is 1. The molecular formula is C18H20ClN3O3. The lowest BCUT2D eigenvalue weighted by Crippen LogP contribution is -2.38. The monoisotopic (exact) mass is 361 g/mol. The van der Waals surface area contributed by atoms with Gasteiger partial charge in [-0.25, -0.2) is 0 Å². The standard InChI is InChI=1S/C18H19N3O3.ClH/c1-12(17(19)14-5-3-2-4-6-14)18(22)20-10-9-13-7-8-15(21(23)24)11-16(13)20;/h2-8,11-12,17H,9-10,19H2,1H3;1H. The first-order valence-electron chi connectivity index (χ1n) is 7.88. The zero-order valence-corrected chi connectivity index (χ0v) is 14.6. The molecular weight excluding hydrogens is 342 g/mol. The van der Waals surface area contributed by atoms with Gasteiger partial charge in [0, 0.05) is 24.7 Å². The SMILES string of the molecule is CC(C(=O)N1CCc2ccc([N+](=O)[O-])cc21)C(N)c1ccccc1.Cl. The molecule has 1 heterocycles. The van der Waals surface area contributed by atoms with Crippen molar-refractivity contribution in [2.24, 2.45) is 11.7 Å². The average Bonchev–Trinajstić information content (AvgIpc) is 3.03. The van der Waals surface area contributed by atoms with Crippen molar-refractivity contribution in [3.63, 3.8) is 0 Å². The second-order valence-electron chi connectivity index (χ2n) is 6.04. The molecule has 0 radical (unpaired) electrons.